The van der Waals surface area contributed by atoms with Gasteiger partial charge in [-0.05, 0) is 104 Å². The Morgan fingerprint density at radius 2 is 1.39 bits per heavy atom. The molecule has 1 heterocycles. The average Bonchev–Trinajstić information content (AvgIpc) is 3.07. The van der Waals surface area contributed by atoms with Crippen molar-refractivity contribution in [1.82, 2.24) is 0 Å². The fraction of sp³-hybridized carbons (Fsp3) is 0.381. The van der Waals surface area contributed by atoms with Crippen LogP contribution in [-0.2, 0) is 16.6 Å². The number of hydrogen-bond acceptors (Lipinski definition) is 4. The van der Waals surface area contributed by atoms with Crippen molar-refractivity contribution in [3.8, 4) is 0 Å². The smallest absolute Gasteiger partial charge is 0.163 e. The fourth-order valence-corrected chi connectivity index (χ4v) is 7.10. The molecule has 0 radical (unpaired) electrons. The highest BCUT2D eigenvalue weighted by atomic mass is 16.5. The number of aliphatic hydroxyl groups excluding tert-OH is 1. The van der Waals surface area contributed by atoms with Crippen molar-refractivity contribution in [3.05, 3.63) is 142 Å². The van der Waals surface area contributed by atoms with Crippen LogP contribution in [0.5, 0.6) is 0 Å². The van der Waals surface area contributed by atoms with E-state index < -0.39 is 6.10 Å². The molecule has 0 saturated carbocycles. The fourth-order valence-electron chi connectivity index (χ4n) is 7.10. The van der Waals surface area contributed by atoms with Crippen LogP contribution in [0.2, 0.25) is 0 Å². The van der Waals surface area contributed by atoms with Crippen molar-refractivity contribution >= 4 is 11.6 Å². The molecular weight excluding hydrogens is 568 g/mol. The number of Topliss-reactive ketones (excluding diaryl/α,β-unsaturated/α-hetero) is 2. The van der Waals surface area contributed by atoms with Gasteiger partial charge in [0.15, 0.2) is 11.6 Å². The number of carbonyl (C=O) groups is 2. The molecule has 5 rings (SSSR count). The molecule has 1 saturated heterocycles. The minimum Gasteiger partial charge on any atom is -0.393 e. The number of rotatable bonds is 14. The quantitative estimate of drug-likeness (QED) is 0.144. The van der Waals surface area contributed by atoms with Crippen LogP contribution in [0.4, 0.5) is 0 Å². The maximum absolute atomic E-state index is 13.9. The summed E-state index contributed by atoms with van der Waals surface area (Å²) >= 11 is 0. The van der Waals surface area contributed by atoms with Crippen LogP contribution < -0.4 is 0 Å². The Hall–Kier alpha value is -3.86. The zero-order valence-electron chi connectivity index (χ0n) is 27.6. The van der Waals surface area contributed by atoms with Gasteiger partial charge in [0.25, 0.3) is 0 Å². The van der Waals surface area contributed by atoms with E-state index in [2.05, 4.69) is 50.2 Å². The third-order valence-electron chi connectivity index (χ3n) is 9.91. The highest BCUT2D eigenvalue weighted by Crippen LogP contribution is 2.40. The number of ether oxygens (including phenoxy) is 1. The summed E-state index contributed by atoms with van der Waals surface area (Å²) in [5, 5.41) is 11.8. The molecule has 0 aromatic heterocycles. The number of benzene rings is 4. The van der Waals surface area contributed by atoms with E-state index in [-0.39, 0.29) is 35.2 Å². The van der Waals surface area contributed by atoms with Crippen LogP contribution in [0.25, 0.3) is 0 Å². The summed E-state index contributed by atoms with van der Waals surface area (Å²) in [6.07, 6.45) is 3.85. The average molecular weight is 617 g/mol. The first kappa shape index (κ1) is 33.5. The van der Waals surface area contributed by atoms with Gasteiger partial charge in [-0.1, -0.05) is 97.4 Å². The van der Waals surface area contributed by atoms with E-state index in [1.165, 1.54) is 11.1 Å². The van der Waals surface area contributed by atoms with E-state index in [1.807, 2.05) is 67.6 Å². The van der Waals surface area contributed by atoms with Gasteiger partial charge >= 0.3 is 0 Å². The van der Waals surface area contributed by atoms with Crippen LogP contribution in [0.15, 0.2) is 103 Å². The molecule has 1 fully saturated rings. The van der Waals surface area contributed by atoms with E-state index in [1.54, 1.807) is 6.07 Å². The lowest BCUT2D eigenvalue weighted by Gasteiger charge is -2.39. The van der Waals surface area contributed by atoms with Gasteiger partial charge in [-0.2, -0.15) is 0 Å². The predicted octanol–water partition coefficient (Wildman–Crippen LogP) is 9.00. The Kier molecular flexibility index (Phi) is 11.4. The van der Waals surface area contributed by atoms with Gasteiger partial charge in [-0.25, -0.2) is 0 Å². The topological polar surface area (TPSA) is 63.6 Å². The molecule has 4 heteroatoms. The van der Waals surface area contributed by atoms with Gasteiger partial charge in [0, 0.05) is 37.2 Å². The summed E-state index contributed by atoms with van der Waals surface area (Å²) in [4.78, 5) is 27.3. The van der Waals surface area contributed by atoms with E-state index >= 15 is 0 Å². The molecule has 0 aliphatic carbocycles. The van der Waals surface area contributed by atoms with Crippen molar-refractivity contribution in [3.63, 3.8) is 0 Å². The standard InChI is InChI=1S/C42H48O4/c1-30-11-10-16-38(25-30)42(19-21-46-22-20-42)18-17-39(43)37(27-33-12-6-4-7-13-33)29-41(45)36-24-31(2)23-35(28-36)40(44)26-32(3)34-14-8-5-9-15-34/h4-16,23-25,28,32,37,39,43H,17-22,26-27,29H2,1-3H3/t32-,37+,39+/m0/s1. The van der Waals surface area contributed by atoms with Crippen LogP contribution in [0, 0.1) is 19.8 Å². The Morgan fingerprint density at radius 1 is 0.761 bits per heavy atom. The number of carbonyl (C=O) groups excluding carboxylic acids is 2. The third kappa shape index (κ3) is 8.69. The molecular formula is C42H48O4. The Bertz CT molecular complexity index is 1590. The summed E-state index contributed by atoms with van der Waals surface area (Å²) in [6, 6.07) is 34.4. The maximum Gasteiger partial charge on any atom is 0.163 e. The second-order valence-electron chi connectivity index (χ2n) is 13.5. The molecule has 0 bridgehead atoms. The van der Waals surface area contributed by atoms with Crippen molar-refractivity contribution < 1.29 is 19.4 Å². The third-order valence-corrected chi connectivity index (χ3v) is 9.91. The van der Waals surface area contributed by atoms with Gasteiger partial charge in [0.2, 0.25) is 0 Å². The van der Waals surface area contributed by atoms with Gasteiger partial charge in [0.05, 0.1) is 6.10 Å². The molecule has 4 nitrogen and oxygen atoms in total. The van der Waals surface area contributed by atoms with E-state index in [0.29, 0.717) is 43.6 Å². The molecule has 0 unspecified atom stereocenters. The van der Waals surface area contributed by atoms with Gasteiger partial charge in [0.1, 0.15) is 0 Å². The second-order valence-corrected chi connectivity index (χ2v) is 13.5. The van der Waals surface area contributed by atoms with E-state index in [0.717, 1.165) is 36.0 Å². The van der Waals surface area contributed by atoms with Crippen molar-refractivity contribution in [2.45, 2.75) is 83.2 Å². The van der Waals surface area contributed by atoms with Crippen LogP contribution in [-0.4, -0.2) is 36.0 Å². The van der Waals surface area contributed by atoms with Gasteiger partial charge < -0.3 is 9.84 Å². The highest BCUT2D eigenvalue weighted by Gasteiger charge is 2.36. The van der Waals surface area contributed by atoms with Crippen LogP contribution >= 0.6 is 0 Å². The molecule has 0 spiro atoms. The maximum atomic E-state index is 13.9. The molecule has 4 aromatic carbocycles. The Balaban J connectivity index is 1.33. The Morgan fingerprint density at radius 3 is 2.04 bits per heavy atom. The SMILES string of the molecule is Cc1cc(C(=O)C[C@@H](Cc2ccccc2)[C@H](O)CCC2(c3cccc(C)c3)CCOCC2)cc(C(=O)C[C@H](C)c2ccccc2)c1. The Labute approximate surface area is 274 Å². The minimum absolute atomic E-state index is 0.0340. The van der Waals surface area contributed by atoms with E-state index in [4.69, 9.17) is 4.74 Å². The van der Waals surface area contributed by atoms with Crippen LogP contribution in [0.1, 0.15) is 99.9 Å². The zero-order chi connectivity index (χ0) is 32.5. The first-order valence-corrected chi connectivity index (χ1v) is 16.8. The molecule has 0 amide bonds. The minimum atomic E-state index is -0.647. The monoisotopic (exact) mass is 616 g/mol. The molecule has 1 aliphatic heterocycles. The predicted molar refractivity (Wildman–Crippen MR) is 186 cm³/mol. The van der Waals surface area contributed by atoms with Crippen molar-refractivity contribution in [2.24, 2.45) is 5.92 Å². The molecule has 46 heavy (non-hydrogen) atoms. The summed E-state index contributed by atoms with van der Waals surface area (Å²) in [7, 11) is 0. The van der Waals surface area contributed by atoms with Crippen molar-refractivity contribution in [1.29, 1.82) is 0 Å². The summed E-state index contributed by atoms with van der Waals surface area (Å²) in [6.45, 7) is 7.56. The number of hydrogen-bond donors (Lipinski definition) is 1. The lowest BCUT2D eigenvalue weighted by Crippen LogP contribution is -2.36. The van der Waals surface area contributed by atoms with Gasteiger partial charge in [-0.3, -0.25) is 9.59 Å². The highest BCUT2D eigenvalue weighted by molar-refractivity contribution is 6.02. The number of aryl methyl sites for hydroxylation is 2. The molecule has 4 aromatic rings. The molecule has 1 N–H and O–H groups in total. The van der Waals surface area contributed by atoms with Gasteiger partial charge in [-0.15, -0.1) is 0 Å². The number of ketones is 2. The first-order valence-electron chi connectivity index (χ1n) is 16.8. The number of aliphatic hydroxyl groups is 1. The van der Waals surface area contributed by atoms with Crippen molar-refractivity contribution in [2.75, 3.05) is 13.2 Å². The lowest BCUT2D eigenvalue weighted by atomic mass is 9.69. The largest absolute Gasteiger partial charge is 0.393 e. The summed E-state index contributed by atoms with van der Waals surface area (Å²) in [5.74, 6) is -0.166. The lowest BCUT2D eigenvalue weighted by molar-refractivity contribution is 0.0314. The summed E-state index contributed by atoms with van der Waals surface area (Å²) < 4.78 is 5.76. The molecule has 3 atom stereocenters. The van der Waals surface area contributed by atoms with Crippen LogP contribution in [0.3, 0.4) is 0 Å². The first-order chi connectivity index (χ1) is 22.2. The normalized spacial score (nSPS) is 16.3. The molecule has 240 valence electrons. The van der Waals surface area contributed by atoms with E-state index in [9.17, 15) is 14.7 Å². The summed E-state index contributed by atoms with van der Waals surface area (Å²) in [5.41, 5.74) is 6.75. The second kappa shape index (κ2) is 15.6. The molecule has 1 aliphatic rings. The zero-order valence-corrected chi connectivity index (χ0v) is 27.6.